The maximum Gasteiger partial charge on any atom is 0.118 e. The maximum atomic E-state index is 7.00. The zero-order valence-electron chi connectivity index (χ0n) is 21.5. The summed E-state index contributed by atoms with van der Waals surface area (Å²) in [5.41, 5.74) is 19.0. The normalized spacial score (nSPS) is 11.2. The van der Waals surface area contributed by atoms with Gasteiger partial charge in [0, 0.05) is 35.1 Å². The van der Waals surface area contributed by atoms with Gasteiger partial charge in [-0.2, -0.15) is 0 Å². The topological polar surface area (TPSA) is 158 Å². The number of rotatable bonds is 6. The van der Waals surface area contributed by atoms with Crippen molar-refractivity contribution < 1.29 is 20.7 Å². The number of hydrogen-bond acceptors (Lipinski definition) is 11. The molecule has 0 aliphatic carbocycles. The molecule has 4 rings (SSSR count). The molecule has 0 bridgehead atoms. The predicted molar refractivity (Wildman–Crippen MR) is 167 cm³/mol. The summed E-state index contributed by atoms with van der Waals surface area (Å²) in [4.78, 5) is 7.14. The van der Waals surface area contributed by atoms with Crippen LogP contribution >= 0.6 is 37.9 Å². The lowest BCUT2D eigenvalue weighted by Gasteiger charge is -2.21. The SMILES string of the molecule is CO.CO.N/C(=C(\NC(N)c1cc(-c2ccc(S)cc2)ccn1)c1ccc(S)cc1)c1ccc(S)cc1.OO. The van der Waals surface area contributed by atoms with Crippen molar-refractivity contribution in [2.75, 3.05) is 14.2 Å². The summed E-state index contributed by atoms with van der Waals surface area (Å²) in [5, 5.41) is 29.4. The summed E-state index contributed by atoms with van der Waals surface area (Å²) in [6.45, 7) is 0. The highest BCUT2D eigenvalue weighted by atomic mass is 32.1. The second-order valence-electron chi connectivity index (χ2n) is 7.52. The van der Waals surface area contributed by atoms with Crippen LogP contribution in [-0.4, -0.2) is 39.9 Å². The van der Waals surface area contributed by atoms with Crippen LogP contribution in [0.5, 0.6) is 0 Å². The quantitative estimate of drug-likeness (QED) is 0.0503. The van der Waals surface area contributed by atoms with Gasteiger partial charge in [0.05, 0.1) is 17.1 Å². The largest absolute Gasteiger partial charge is 0.400 e. The van der Waals surface area contributed by atoms with Gasteiger partial charge in [0.2, 0.25) is 0 Å². The van der Waals surface area contributed by atoms with Crippen molar-refractivity contribution in [3.8, 4) is 11.1 Å². The third kappa shape index (κ3) is 10.2. The van der Waals surface area contributed by atoms with Crippen LogP contribution in [0.1, 0.15) is 23.0 Å². The van der Waals surface area contributed by atoms with E-state index >= 15 is 0 Å². The van der Waals surface area contributed by atoms with E-state index in [1.807, 2.05) is 84.9 Å². The van der Waals surface area contributed by atoms with Gasteiger partial charge in [0.1, 0.15) is 6.17 Å². The molecule has 1 heterocycles. The van der Waals surface area contributed by atoms with Gasteiger partial charge < -0.3 is 27.0 Å². The molecule has 0 aliphatic rings. The van der Waals surface area contributed by atoms with E-state index in [1.165, 1.54) is 0 Å². The molecular formula is C28H34N4O4S3. The molecule has 1 aromatic heterocycles. The second-order valence-corrected chi connectivity index (χ2v) is 9.07. The Balaban J connectivity index is 0.00000119. The van der Waals surface area contributed by atoms with Crippen LogP contribution in [0.3, 0.4) is 0 Å². The summed E-state index contributed by atoms with van der Waals surface area (Å²) in [7, 11) is 2.00. The third-order valence-electron chi connectivity index (χ3n) is 5.20. The van der Waals surface area contributed by atoms with E-state index in [9.17, 15) is 0 Å². The molecule has 0 amide bonds. The Morgan fingerprint density at radius 1 is 0.692 bits per heavy atom. The molecule has 39 heavy (non-hydrogen) atoms. The zero-order valence-corrected chi connectivity index (χ0v) is 24.2. The Labute approximate surface area is 245 Å². The van der Waals surface area contributed by atoms with Crippen LogP contribution in [0.25, 0.3) is 22.5 Å². The highest BCUT2D eigenvalue weighted by Crippen LogP contribution is 2.26. The summed E-state index contributed by atoms with van der Waals surface area (Å²) in [6.07, 6.45) is 1.18. The molecule has 0 radical (unpaired) electrons. The van der Waals surface area contributed by atoms with Crippen molar-refractivity contribution in [1.82, 2.24) is 10.3 Å². The fourth-order valence-corrected chi connectivity index (χ4v) is 3.86. The first-order valence-corrected chi connectivity index (χ1v) is 12.7. The average Bonchev–Trinajstić information content (AvgIpc) is 3.00. The van der Waals surface area contributed by atoms with Crippen molar-refractivity contribution in [3.63, 3.8) is 0 Å². The van der Waals surface area contributed by atoms with Gasteiger partial charge in [-0.3, -0.25) is 15.5 Å². The van der Waals surface area contributed by atoms with Gasteiger partial charge in [-0.25, -0.2) is 0 Å². The van der Waals surface area contributed by atoms with E-state index in [2.05, 4.69) is 48.2 Å². The molecule has 0 fully saturated rings. The van der Waals surface area contributed by atoms with Crippen LogP contribution < -0.4 is 16.8 Å². The van der Waals surface area contributed by atoms with Gasteiger partial charge in [-0.05, 0) is 70.8 Å². The van der Waals surface area contributed by atoms with Crippen molar-refractivity contribution >= 4 is 49.3 Å². The van der Waals surface area contributed by atoms with Gasteiger partial charge in [0.15, 0.2) is 0 Å². The zero-order chi connectivity index (χ0) is 29.4. The monoisotopic (exact) mass is 586 g/mol. The number of aromatic nitrogens is 1. The van der Waals surface area contributed by atoms with E-state index in [-0.39, 0.29) is 0 Å². The number of nitrogens with zero attached hydrogens (tertiary/aromatic N) is 1. The molecule has 11 heteroatoms. The summed E-state index contributed by atoms with van der Waals surface area (Å²) in [5.74, 6) is 0. The van der Waals surface area contributed by atoms with Crippen LogP contribution in [0.15, 0.2) is 106 Å². The van der Waals surface area contributed by atoms with Crippen LogP contribution in [0.4, 0.5) is 0 Å². The van der Waals surface area contributed by atoms with E-state index in [0.717, 1.165) is 56.9 Å². The fraction of sp³-hybridized carbons (Fsp3) is 0.107. The minimum Gasteiger partial charge on any atom is -0.400 e. The molecule has 0 saturated carbocycles. The van der Waals surface area contributed by atoms with E-state index in [1.54, 1.807) is 6.20 Å². The van der Waals surface area contributed by atoms with Gasteiger partial charge >= 0.3 is 0 Å². The molecule has 0 spiro atoms. The molecule has 4 aromatic rings. The van der Waals surface area contributed by atoms with E-state index < -0.39 is 6.17 Å². The van der Waals surface area contributed by atoms with Gasteiger partial charge in [0.25, 0.3) is 0 Å². The summed E-state index contributed by atoms with van der Waals surface area (Å²) < 4.78 is 0. The molecule has 0 aliphatic heterocycles. The van der Waals surface area contributed by atoms with E-state index in [0.29, 0.717) is 11.4 Å². The number of benzene rings is 3. The lowest BCUT2D eigenvalue weighted by molar-refractivity contribution is -0.176. The predicted octanol–water partition coefficient (Wildman–Crippen LogP) is 4.88. The molecule has 0 saturated heterocycles. The number of aliphatic hydroxyl groups excluding tert-OH is 2. The number of thiol groups is 3. The Bertz CT molecular complexity index is 1290. The molecule has 1 unspecified atom stereocenters. The summed E-state index contributed by atoms with van der Waals surface area (Å²) >= 11 is 13.1. The minimum absolute atomic E-state index is 0.575. The second kappa shape index (κ2) is 18.3. The highest BCUT2D eigenvalue weighted by molar-refractivity contribution is 7.80. The Morgan fingerprint density at radius 3 is 1.62 bits per heavy atom. The van der Waals surface area contributed by atoms with Crippen molar-refractivity contribution in [2.45, 2.75) is 20.9 Å². The summed E-state index contributed by atoms with van der Waals surface area (Å²) in [6, 6.07) is 27.3. The lowest BCUT2D eigenvalue weighted by Crippen LogP contribution is -2.30. The van der Waals surface area contributed by atoms with Crippen LogP contribution in [-0.2, 0) is 0 Å². The van der Waals surface area contributed by atoms with Gasteiger partial charge in [-0.15, -0.1) is 37.9 Å². The third-order valence-corrected chi connectivity index (χ3v) is 6.10. The lowest BCUT2D eigenvalue weighted by atomic mass is 10.0. The van der Waals surface area contributed by atoms with Crippen LogP contribution in [0.2, 0.25) is 0 Å². The first kappa shape index (κ1) is 34.0. The van der Waals surface area contributed by atoms with E-state index in [4.69, 9.17) is 32.2 Å². The Hall–Kier alpha value is -3.00. The standard InChI is InChI=1S/C26H24N4S3.2CH4O.H2O2/c27-24(17-3-9-21(32)10-4-17)25(18-5-11-22(33)12-6-18)30-26(28)23-15-19(13-14-29-23)16-1-7-20(31)8-2-16;3*1-2/h1-15,26,30-33H,27-28H2;2*2H,1H3;1-2H/b25-24-;;;. The average molecular weight is 587 g/mol. The highest BCUT2D eigenvalue weighted by Gasteiger charge is 2.15. The first-order valence-electron chi connectivity index (χ1n) is 11.4. The molecule has 3 aromatic carbocycles. The Kier molecular flexibility index (Phi) is 16.0. The van der Waals surface area contributed by atoms with Crippen molar-refractivity contribution in [2.24, 2.45) is 11.5 Å². The number of aliphatic hydroxyl groups is 2. The molecule has 9 N–H and O–H groups in total. The Morgan fingerprint density at radius 2 is 1.13 bits per heavy atom. The minimum atomic E-state index is -0.581. The molecular weight excluding hydrogens is 553 g/mol. The van der Waals surface area contributed by atoms with Crippen molar-refractivity contribution in [3.05, 3.63) is 108 Å². The molecule has 208 valence electrons. The molecule has 1 atom stereocenters. The number of pyridine rings is 1. The van der Waals surface area contributed by atoms with Gasteiger partial charge in [-0.1, -0.05) is 36.4 Å². The number of nitrogens with two attached hydrogens (primary N) is 2. The fourth-order valence-electron chi connectivity index (χ4n) is 3.41. The number of hydrogen-bond donors (Lipinski definition) is 10. The molecule has 8 nitrogen and oxygen atoms in total. The smallest absolute Gasteiger partial charge is 0.118 e. The first-order chi connectivity index (χ1) is 18.9. The number of nitrogens with one attached hydrogen (secondary N) is 1. The maximum absolute atomic E-state index is 7.00. The van der Waals surface area contributed by atoms with Crippen molar-refractivity contribution in [1.29, 1.82) is 0 Å². The van der Waals surface area contributed by atoms with Crippen LogP contribution in [0, 0.1) is 0 Å².